The number of carbonyl (C=O) groups excluding carboxylic acids is 2. The second kappa shape index (κ2) is 11.5. The summed E-state index contributed by atoms with van der Waals surface area (Å²) in [6, 6.07) is 8.64. The molecule has 0 spiro atoms. The van der Waals surface area contributed by atoms with E-state index in [4.69, 9.17) is 14.5 Å². The molecule has 34 heavy (non-hydrogen) atoms. The largest absolute Gasteiger partial charge is 0.465 e. The Morgan fingerprint density at radius 3 is 2.71 bits per heavy atom. The SMILES string of the molecule is CCCCOCC1CCC(c2nc3cc(C(=O)OC)c(NC(=O)c4ccccn4)cc3s2)CC1. The highest BCUT2D eigenvalue weighted by Crippen LogP contribution is 2.40. The number of nitrogens with zero attached hydrogens (tertiary/aromatic N) is 2. The molecule has 1 fully saturated rings. The van der Waals surface area contributed by atoms with E-state index in [9.17, 15) is 9.59 Å². The summed E-state index contributed by atoms with van der Waals surface area (Å²) in [7, 11) is 1.33. The lowest BCUT2D eigenvalue weighted by Gasteiger charge is -2.27. The zero-order valence-corrected chi connectivity index (χ0v) is 20.5. The highest BCUT2D eigenvalue weighted by atomic mass is 32.1. The van der Waals surface area contributed by atoms with Crippen LogP contribution in [0.25, 0.3) is 10.2 Å². The molecule has 0 aliphatic heterocycles. The van der Waals surface area contributed by atoms with Crippen LogP contribution in [0.5, 0.6) is 0 Å². The Hall–Kier alpha value is -2.84. The maximum atomic E-state index is 12.7. The van der Waals surface area contributed by atoms with Gasteiger partial charge < -0.3 is 14.8 Å². The van der Waals surface area contributed by atoms with E-state index >= 15 is 0 Å². The van der Waals surface area contributed by atoms with Gasteiger partial charge in [-0.2, -0.15) is 0 Å². The summed E-state index contributed by atoms with van der Waals surface area (Å²) in [6.07, 6.45) is 8.32. The van der Waals surface area contributed by atoms with Crippen molar-refractivity contribution >= 4 is 39.1 Å². The molecule has 7 nitrogen and oxygen atoms in total. The second-order valence-electron chi connectivity index (χ2n) is 8.72. The van der Waals surface area contributed by atoms with E-state index in [-0.39, 0.29) is 17.2 Å². The lowest BCUT2D eigenvalue weighted by atomic mass is 9.83. The predicted octanol–water partition coefficient (Wildman–Crippen LogP) is 5.82. The van der Waals surface area contributed by atoms with Gasteiger partial charge in [-0.05, 0) is 62.3 Å². The number of benzene rings is 1. The highest BCUT2D eigenvalue weighted by Gasteiger charge is 2.26. The van der Waals surface area contributed by atoms with Crippen molar-refractivity contribution in [1.29, 1.82) is 0 Å². The van der Waals surface area contributed by atoms with Crippen LogP contribution in [0.3, 0.4) is 0 Å². The molecule has 0 atom stereocenters. The number of nitrogens with one attached hydrogen (secondary N) is 1. The molecular formula is C26H31N3O4S. The third-order valence-corrected chi connectivity index (χ3v) is 7.47. The Balaban J connectivity index is 1.50. The van der Waals surface area contributed by atoms with Crippen molar-refractivity contribution in [3.05, 3.63) is 52.8 Å². The molecule has 1 saturated carbocycles. The molecule has 1 aliphatic rings. The molecule has 8 heteroatoms. The zero-order chi connectivity index (χ0) is 23.9. The number of rotatable bonds is 9. The molecule has 0 bridgehead atoms. The van der Waals surface area contributed by atoms with E-state index in [0.717, 1.165) is 67.0 Å². The standard InChI is InChI=1S/C26H31N3O4S/c1-3-4-13-33-16-17-8-10-18(11-9-17)25-29-22-14-19(26(31)32-2)21(15-23(22)34-25)28-24(30)20-7-5-6-12-27-20/h5-7,12,14-15,17-18H,3-4,8-11,13,16H2,1-2H3,(H,28,30). The summed E-state index contributed by atoms with van der Waals surface area (Å²) in [6.45, 7) is 3.89. The molecular weight excluding hydrogens is 450 g/mol. The minimum Gasteiger partial charge on any atom is -0.465 e. The van der Waals surface area contributed by atoms with E-state index in [0.29, 0.717) is 17.5 Å². The number of pyridine rings is 1. The molecule has 3 aromatic rings. The van der Waals surface area contributed by atoms with Crippen molar-refractivity contribution in [2.75, 3.05) is 25.6 Å². The molecule has 0 unspecified atom stereocenters. The average molecular weight is 482 g/mol. The number of anilines is 1. The first-order valence-corrected chi connectivity index (χ1v) is 12.7. The Bertz CT molecular complexity index is 1120. The summed E-state index contributed by atoms with van der Waals surface area (Å²) in [4.78, 5) is 34.0. The zero-order valence-electron chi connectivity index (χ0n) is 19.7. The quantitative estimate of drug-likeness (QED) is 0.306. The van der Waals surface area contributed by atoms with Gasteiger partial charge in [-0.3, -0.25) is 9.78 Å². The van der Waals surface area contributed by atoms with E-state index in [2.05, 4.69) is 17.2 Å². The fourth-order valence-electron chi connectivity index (χ4n) is 4.30. The average Bonchev–Trinajstić information content (AvgIpc) is 3.29. The first kappa shape index (κ1) is 24.3. The molecule has 1 N–H and O–H groups in total. The van der Waals surface area contributed by atoms with Gasteiger partial charge in [0.25, 0.3) is 5.91 Å². The minimum atomic E-state index is -0.517. The van der Waals surface area contributed by atoms with Crippen LogP contribution >= 0.6 is 11.3 Å². The summed E-state index contributed by atoms with van der Waals surface area (Å²) >= 11 is 1.63. The molecule has 2 heterocycles. The highest BCUT2D eigenvalue weighted by molar-refractivity contribution is 7.18. The fraction of sp³-hybridized carbons (Fsp3) is 0.462. The van der Waals surface area contributed by atoms with Gasteiger partial charge in [-0.25, -0.2) is 9.78 Å². The van der Waals surface area contributed by atoms with Crippen LogP contribution in [-0.4, -0.2) is 42.2 Å². The van der Waals surface area contributed by atoms with Gasteiger partial charge in [-0.15, -0.1) is 11.3 Å². The van der Waals surface area contributed by atoms with Gasteiger partial charge >= 0.3 is 5.97 Å². The molecule has 180 valence electrons. The van der Waals surface area contributed by atoms with E-state index in [1.807, 2.05) is 6.07 Å². The van der Waals surface area contributed by atoms with Crippen LogP contribution in [0.4, 0.5) is 5.69 Å². The Labute approximate surface area is 203 Å². The van der Waals surface area contributed by atoms with Crippen LogP contribution in [0.1, 0.15) is 77.2 Å². The number of ether oxygens (including phenoxy) is 2. The fourth-order valence-corrected chi connectivity index (χ4v) is 5.46. The molecule has 4 rings (SSSR count). The number of esters is 1. The van der Waals surface area contributed by atoms with Gasteiger partial charge in [0, 0.05) is 25.3 Å². The van der Waals surface area contributed by atoms with Gasteiger partial charge in [0.1, 0.15) is 5.69 Å². The molecule has 2 aromatic heterocycles. The van der Waals surface area contributed by atoms with Crippen LogP contribution in [0.15, 0.2) is 36.5 Å². The number of hydrogen-bond donors (Lipinski definition) is 1. The first-order chi connectivity index (χ1) is 16.6. The third kappa shape index (κ3) is 5.80. The monoisotopic (exact) mass is 481 g/mol. The number of hydrogen-bond acceptors (Lipinski definition) is 7. The van der Waals surface area contributed by atoms with Crippen LogP contribution in [0.2, 0.25) is 0 Å². The number of fused-ring (bicyclic) bond motifs is 1. The van der Waals surface area contributed by atoms with Gasteiger partial charge in [0.2, 0.25) is 0 Å². The van der Waals surface area contributed by atoms with Crippen LogP contribution < -0.4 is 5.32 Å². The molecule has 0 radical (unpaired) electrons. The number of carbonyl (C=O) groups is 2. The molecule has 1 aromatic carbocycles. The Morgan fingerprint density at radius 2 is 2.00 bits per heavy atom. The third-order valence-electron chi connectivity index (χ3n) is 6.29. The van der Waals surface area contributed by atoms with Crippen molar-refractivity contribution in [2.45, 2.75) is 51.4 Å². The lowest BCUT2D eigenvalue weighted by Crippen LogP contribution is -2.18. The van der Waals surface area contributed by atoms with Crippen molar-refractivity contribution < 1.29 is 19.1 Å². The normalized spacial score (nSPS) is 18.1. The first-order valence-electron chi connectivity index (χ1n) is 11.9. The predicted molar refractivity (Wildman–Crippen MR) is 134 cm³/mol. The van der Waals surface area contributed by atoms with E-state index in [1.165, 1.54) is 7.11 Å². The van der Waals surface area contributed by atoms with Crippen LogP contribution in [0, 0.1) is 5.92 Å². The number of thiazole rings is 1. The van der Waals surface area contributed by atoms with Crippen molar-refractivity contribution in [3.63, 3.8) is 0 Å². The van der Waals surface area contributed by atoms with Crippen molar-refractivity contribution in [3.8, 4) is 0 Å². The van der Waals surface area contributed by atoms with Gasteiger partial charge in [0.15, 0.2) is 0 Å². The lowest BCUT2D eigenvalue weighted by molar-refractivity contribution is 0.0602. The maximum absolute atomic E-state index is 12.7. The molecule has 1 aliphatic carbocycles. The Morgan fingerprint density at radius 1 is 1.18 bits per heavy atom. The number of aromatic nitrogens is 2. The maximum Gasteiger partial charge on any atom is 0.340 e. The summed E-state index contributed by atoms with van der Waals surface area (Å²) < 4.78 is 11.7. The van der Waals surface area contributed by atoms with Crippen LogP contribution in [-0.2, 0) is 9.47 Å². The topological polar surface area (TPSA) is 90.4 Å². The Kier molecular flexibility index (Phi) is 8.24. The van der Waals surface area contributed by atoms with E-state index < -0.39 is 5.97 Å². The van der Waals surface area contributed by atoms with Crippen molar-refractivity contribution in [1.82, 2.24) is 9.97 Å². The second-order valence-corrected chi connectivity index (χ2v) is 9.79. The summed E-state index contributed by atoms with van der Waals surface area (Å²) in [5.74, 6) is 0.143. The number of methoxy groups -OCH3 is 1. The van der Waals surface area contributed by atoms with Gasteiger partial charge in [0.05, 0.1) is 33.6 Å². The summed E-state index contributed by atoms with van der Waals surface area (Å²) in [5.41, 5.74) is 1.71. The molecule has 1 amide bonds. The number of amides is 1. The van der Waals surface area contributed by atoms with Gasteiger partial charge in [-0.1, -0.05) is 19.4 Å². The van der Waals surface area contributed by atoms with E-state index in [1.54, 1.807) is 41.8 Å². The molecule has 0 saturated heterocycles. The number of unbranched alkanes of at least 4 members (excludes halogenated alkanes) is 1. The summed E-state index contributed by atoms with van der Waals surface area (Å²) in [5, 5.41) is 3.91. The smallest absolute Gasteiger partial charge is 0.340 e. The minimum absolute atomic E-state index is 0.277. The van der Waals surface area contributed by atoms with Crippen molar-refractivity contribution in [2.24, 2.45) is 5.92 Å².